The molecule has 17 heavy (non-hydrogen) atoms. The summed E-state index contributed by atoms with van der Waals surface area (Å²) in [4.78, 5) is 2.42. The van der Waals surface area contributed by atoms with Gasteiger partial charge in [0.2, 0.25) is 0 Å². The molecule has 1 unspecified atom stereocenters. The molecule has 1 aromatic carbocycles. The molecule has 1 aliphatic rings. The van der Waals surface area contributed by atoms with Crippen LogP contribution in [0.15, 0.2) is 22.7 Å². The number of nitrogens with one attached hydrogen (secondary N) is 1. The second-order valence-electron chi connectivity index (χ2n) is 4.43. The largest absolute Gasteiger partial charge is 0.369 e. The molecule has 0 aliphatic carbocycles. The number of halogens is 2. The van der Waals surface area contributed by atoms with Crippen LogP contribution in [-0.2, 0) is 0 Å². The summed E-state index contributed by atoms with van der Waals surface area (Å²) in [5.41, 5.74) is 1.21. The molecule has 1 aliphatic heterocycles. The van der Waals surface area contributed by atoms with E-state index in [4.69, 9.17) is 11.6 Å². The number of hydrogen-bond acceptors (Lipinski definition) is 2. The zero-order chi connectivity index (χ0) is 12.3. The van der Waals surface area contributed by atoms with Gasteiger partial charge in [0.25, 0.3) is 0 Å². The van der Waals surface area contributed by atoms with Crippen LogP contribution < -0.4 is 10.2 Å². The van der Waals surface area contributed by atoms with Crippen molar-refractivity contribution < 1.29 is 0 Å². The van der Waals surface area contributed by atoms with E-state index >= 15 is 0 Å². The van der Waals surface area contributed by atoms with E-state index in [-0.39, 0.29) is 0 Å². The van der Waals surface area contributed by atoms with Gasteiger partial charge in [-0.05, 0) is 47.4 Å². The van der Waals surface area contributed by atoms with Gasteiger partial charge < -0.3 is 10.2 Å². The molecular weight excluding hydrogens is 300 g/mol. The molecule has 4 heteroatoms. The van der Waals surface area contributed by atoms with Crippen LogP contribution >= 0.6 is 27.5 Å². The molecule has 1 fully saturated rings. The summed E-state index contributed by atoms with van der Waals surface area (Å²) in [6.07, 6.45) is 2.34. The molecule has 0 amide bonds. The highest BCUT2D eigenvalue weighted by Crippen LogP contribution is 2.33. The predicted octanol–water partition coefficient (Wildman–Crippen LogP) is 3.68. The smallest absolute Gasteiger partial charge is 0.0595 e. The third-order valence-corrected chi connectivity index (χ3v) is 4.62. The summed E-state index contributed by atoms with van der Waals surface area (Å²) in [7, 11) is 0. The topological polar surface area (TPSA) is 15.3 Å². The van der Waals surface area contributed by atoms with Crippen LogP contribution in [0.1, 0.15) is 19.8 Å². The predicted molar refractivity (Wildman–Crippen MR) is 78.1 cm³/mol. The van der Waals surface area contributed by atoms with E-state index in [1.165, 1.54) is 12.1 Å². The minimum atomic E-state index is 0.573. The Hall–Kier alpha value is -0.250. The van der Waals surface area contributed by atoms with Gasteiger partial charge in [0.1, 0.15) is 0 Å². The fraction of sp³-hybridized carbons (Fsp3) is 0.538. The molecule has 0 radical (unpaired) electrons. The quantitative estimate of drug-likeness (QED) is 0.895. The highest BCUT2D eigenvalue weighted by molar-refractivity contribution is 9.10. The summed E-state index contributed by atoms with van der Waals surface area (Å²) in [5.74, 6) is 0. The van der Waals surface area contributed by atoms with E-state index in [2.05, 4.69) is 39.1 Å². The van der Waals surface area contributed by atoms with Crippen molar-refractivity contribution in [2.45, 2.75) is 25.8 Å². The number of hydrogen-bond donors (Lipinski definition) is 1. The summed E-state index contributed by atoms with van der Waals surface area (Å²) < 4.78 is 1.01. The summed E-state index contributed by atoms with van der Waals surface area (Å²) in [6.45, 7) is 5.47. The van der Waals surface area contributed by atoms with Crippen molar-refractivity contribution in [3.05, 3.63) is 27.7 Å². The summed E-state index contributed by atoms with van der Waals surface area (Å²) in [5, 5.41) is 4.36. The van der Waals surface area contributed by atoms with Crippen LogP contribution in [-0.4, -0.2) is 25.7 Å². The summed E-state index contributed by atoms with van der Waals surface area (Å²) in [6, 6.07) is 6.64. The first kappa shape index (κ1) is 13.2. The second-order valence-corrected chi connectivity index (χ2v) is 5.63. The third-order valence-electron chi connectivity index (χ3n) is 3.24. The van der Waals surface area contributed by atoms with Crippen LogP contribution in [0.4, 0.5) is 5.69 Å². The van der Waals surface area contributed by atoms with Gasteiger partial charge in [-0.1, -0.05) is 24.6 Å². The van der Waals surface area contributed by atoms with Crippen LogP contribution in [0.3, 0.4) is 0 Å². The summed E-state index contributed by atoms with van der Waals surface area (Å²) >= 11 is 9.74. The SMILES string of the molecule is CCC1CN(c2cccc(Cl)c2Br)CCCN1. The van der Waals surface area contributed by atoms with Gasteiger partial charge in [0.05, 0.1) is 15.2 Å². The molecule has 1 N–H and O–H groups in total. The highest BCUT2D eigenvalue weighted by Gasteiger charge is 2.18. The van der Waals surface area contributed by atoms with Gasteiger partial charge in [0, 0.05) is 19.1 Å². The molecule has 2 nitrogen and oxygen atoms in total. The molecule has 1 heterocycles. The molecule has 2 rings (SSSR count). The van der Waals surface area contributed by atoms with Gasteiger partial charge in [-0.15, -0.1) is 0 Å². The number of nitrogens with zero attached hydrogens (tertiary/aromatic N) is 1. The highest BCUT2D eigenvalue weighted by atomic mass is 79.9. The maximum Gasteiger partial charge on any atom is 0.0595 e. The fourth-order valence-electron chi connectivity index (χ4n) is 2.23. The van der Waals surface area contributed by atoms with Crippen molar-refractivity contribution in [1.29, 1.82) is 0 Å². The Balaban J connectivity index is 2.22. The van der Waals surface area contributed by atoms with E-state index < -0.39 is 0 Å². The second kappa shape index (κ2) is 6.07. The number of rotatable bonds is 2. The molecule has 1 aromatic rings. The van der Waals surface area contributed by atoms with Crippen molar-refractivity contribution in [2.75, 3.05) is 24.5 Å². The maximum absolute atomic E-state index is 6.15. The van der Waals surface area contributed by atoms with Crippen LogP contribution in [0.2, 0.25) is 5.02 Å². The standard InChI is InChI=1S/C13H18BrClN2/c1-2-10-9-17(8-4-7-16-10)12-6-3-5-11(15)13(12)14/h3,5-6,10,16H,2,4,7-9H2,1H3. The van der Waals surface area contributed by atoms with Crippen molar-refractivity contribution in [3.63, 3.8) is 0 Å². The first-order chi connectivity index (χ1) is 8.22. The lowest BCUT2D eigenvalue weighted by atomic mass is 10.2. The van der Waals surface area contributed by atoms with Crippen molar-refractivity contribution in [2.24, 2.45) is 0 Å². The van der Waals surface area contributed by atoms with Crippen molar-refractivity contribution in [3.8, 4) is 0 Å². The molecule has 0 aromatic heterocycles. The van der Waals surface area contributed by atoms with E-state index in [9.17, 15) is 0 Å². The Bertz CT molecular complexity index is 384. The lowest BCUT2D eigenvalue weighted by molar-refractivity contribution is 0.528. The van der Waals surface area contributed by atoms with E-state index in [1.54, 1.807) is 0 Å². The first-order valence-electron chi connectivity index (χ1n) is 6.14. The average Bonchev–Trinajstić information content (AvgIpc) is 2.58. The molecule has 0 spiro atoms. The Labute approximate surface area is 116 Å². The molecule has 1 saturated heterocycles. The fourth-order valence-corrected chi connectivity index (χ4v) is 2.91. The Morgan fingerprint density at radius 1 is 1.53 bits per heavy atom. The van der Waals surface area contributed by atoms with Crippen LogP contribution in [0, 0.1) is 0 Å². The van der Waals surface area contributed by atoms with E-state index in [1.807, 2.05) is 12.1 Å². The van der Waals surface area contributed by atoms with E-state index in [0.29, 0.717) is 6.04 Å². The molecule has 0 saturated carbocycles. The van der Waals surface area contributed by atoms with Gasteiger partial charge in [-0.2, -0.15) is 0 Å². The average molecular weight is 318 g/mol. The minimum absolute atomic E-state index is 0.573. The zero-order valence-corrected chi connectivity index (χ0v) is 12.4. The van der Waals surface area contributed by atoms with Gasteiger partial charge in [-0.3, -0.25) is 0 Å². The number of anilines is 1. The Kier molecular flexibility index (Phi) is 4.71. The van der Waals surface area contributed by atoms with Gasteiger partial charge >= 0.3 is 0 Å². The maximum atomic E-state index is 6.15. The van der Waals surface area contributed by atoms with Crippen molar-refractivity contribution in [1.82, 2.24) is 5.32 Å². The van der Waals surface area contributed by atoms with Gasteiger partial charge in [-0.25, -0.2) is 0 Å². The Morgan fingerprint density at radius 3 is 3.12 bits per heavy atom. The Morgan fingerprint density at radius 2 is 2.35 bits per heavy atom. The minimum Gasteiger partial charge on any atom is -0.369 e. The van der Waals surface area contributed by atoms with E-state index in [0.717, 1.165) is 35.6 Å². The van der Waals surface area contributed by atoms with Crippen LogP contribution in [0.25, 0.3) is 0 Å². The van der Waals surface area contributed by atoms with Gasteiger partial charge in [0.15, 0.2) is 0 Å². The first-order valence-corrected chi connectivity index (χ1v) is 7.31. The number of benzene rings is 1. The lowest BCUT2D eigenvalue weighted by Crippen LogP contribution is -2.37. The monoisotopic (exact) mass is 316 g/mol. The third kappa shape index (κ3) is 3.15. The van der Waals surface area contributed by atoms with Crippen molar-refractivity contribution >= 4 is 33.2 Å². The normalized spacial score (nSPS) is 21.4. The van der Waals surface area contributed by atoms with Crippen LogP contribution in [0.5, 0.6) is 0 Å². The zero-order valence-electron chi connectivity index (χ0n) is 10.0. The molecular formula is C13H18BrClN2. The molecule has 94 valence electrons. The molecule has 0 bridgehead atoms. The molecule has 1 atom stereocenters. The lowest BCUT2D eigenvalue weighted by Gasteiger charge is -2.27.